The molecule has 27 heavy (non-hydrogen) atoms. The molecule has 0 unspecified atom stereocenters. The third-order valence-electron chi connectivity index (χ3n) is 5.01. The monoisotopic (exact) mass is 375 g/mol. The second-order valence-electron chi connectivity index (χ2n) is 8.62. The van der Waals surface area contributed by atoms with Crippen molar-refractivity contribution in [2.75, 3.05) is 20.2 Å². The van der Waals surface area contributed by atoms with E-state index in [0.29, 0.717) is 19.6 Å². The van der Waals surface area contributed by atoms with Gasteiger partial charge < -0.3 is 25.0 Å². The number of amides is 3. The van der Waals surface area contributed by atoms with E-state index in [1.165, 1.54) is 0 Å². The number of likely N-dealkylation sites (tertiary alicyclic amines) is 1. The van der Waals surface area contributed by atoms with Gasteiger partial charge in [-0.2, -0.15) is 0 Å². The van der Waals surface area contributed by atoms with E-state index in [4.69, 9.17) is 9.47 Å². The second kappa shape index (κ2) is 7.29. The van der Waals surface area contributed by atoms with Crippen LogP contribution in [0.3, 0.4) is 0 Å². The Morgan fingerprint density at radius 1 is 1.19 bits per heavy atom. The molecular weight excluding hydrogens is 346 g/mol. The van der Waals surface area contributed by atoms with Gasteiger partial charge in [0.05, 0.1) is 7.11 Å². The largest absolute Gasteiger partial charge is 0.497 e. The van der Waals surface area contributed by atoms with E-state index in [9.17, 15) is 9.59 Å². The zero-order valence-electron chi connectivity index (χ0n) is 16.5. The molecule has 0 bridgehead atoms. The van der Waals surface area contributed by atoms with Crippen molar-refractivity contribution >= 4 is 12.1 Å². The summed E-state index contributed by atoms with van der Waals surface area (Å²) in [5.41, 5.74) is 0.708. The smallest absolute Gasteiger partial charge is 0.410 e. The van der Waals surface area contributed by atoms with E-state index in [1.807, 2.05) is 45.0 Å². The lowest BCUT2D eigenvalue weighted by Gasteiger charge is -2.58. The van der Waals surface area contributed by atoms with Gasteiger partial charge in [0.15, 0.2) is 0 Å². The van der Waals surface area contributed by atoms with Gasteiger partial charge in [-0.15, -0.1) is 0 Å². The van der Waals surface area contributed by atoms with Crippen molar-refractivity contribution in [2.24, 2.45) is 5.41 Å². The van der Waals surface area contributed by atoms with E-state index in [2.05, 4.69) is 10.6 Å². The molecule has 148 valence electrons. The van der Waals surface area contributed by atoms with Crippen LogP contribution in [0.1, 0.15) is 39.2 Å². The van der Waals surface area contributed by atoms with E-state index >= 15 is 0 Å². The quantitative estimate of drug-likeness (QED) is 0.848. The Morgan fingerprint density at radius 2 is 1.81 bits per heavy atom. The molecule has 3 rings (SSSR count). The van der Waals surface area contributed by atoms with Gasteiger partial charge in [0.1, 0.15) is 11.4 Å². The molecule has 1 aliphatic heterocycles. The van der Waals surface area contributed by atoms with Crippen LogP contribution in [0, 0.1) is 5.41 Å². The highest BCUT2D eigenvalue weighted by atomic mass is 16.6. The number of nitrogens with one attached hydrogen (secondary N) is 2. The number of hydrogen-bond donors (Lipinski definition) is 2. The summed E-state index contributed by atoms with van der Waals surface area (Å²) < 4.78 is 10.5. The number of carbonyl (C=O) groups excluding carboxylic acids is 2. The molecule has 2 N–H and O–H groups in total. The lowest BCUT2D eigenvalue weighted by atomic mass is 9.61. The molecule has 1 heterocycles. The lowest BCUT2D eigenvalue weighted by Crippen LogP contribution is -2.68. The van der Waals surface area contributed by atoms with Gasteiger partial charge in [-0.05, 0) is 51.3 Å². The highest BCUT2D eigenvalue weighted by Crippen LogP contribution is 2.48. The van der Waals surface area contributed by atoms with Crippen molar-refractivity contribution in [3.8, 4) is 5.75 Å². The topological polar surface area (TPSA) is 79.9 Å². The number of carbonyl (C=O) groups is 2. The minimum absolute atomic E-state index is 0.158. The van der Waals surface area contributed by atoms with Gasteiger partial charge in [0, 0.05) is 31.1 Å². The van der Waals surface area contributed by atoms with Gasteiger partial charge >= 0.3 is 12.1 Å². The molecule has 1 saturated carbocycles. The number of nitrogens with zero attached hydrogens (tertiary/aromatic N) is 1. The summed E-state index contributed by atoms with van der Waals surface area (Å²) in [5, 5.41) is 5.88. The van der Waals surface area contributed by atoms with E-state index < -0.39 is 5.60 Å². The van der Waals surface area contributed by atoms with Gasteiger partial charge in [0.2, 0.25) is 0 Å². The van der Waals surface area contributed by atoms with Crippen LogP contribution in [-0.2, 0) is 11.3 Å². The number of rotatable bonds is 4. The number of benzene rings is 1. The first-order valence-corrected chi connectivity index (χ1v) is 9.33. The Balaban J connectivity index is 1.33. The maximum atomic E-state index is 12.1. The van der Waals surface area contributed by atoms with Gasteiger partial charge in [0.25, 0.3) is 0 Å². The van der Waals surface area contributed by atoms with Crippen LogP contribution in [-0.4, -0.2) is 48.9 Å². The van der Waals surface area contributed by atoms with Crippen LogP contribution in [0.4, 0.5) is 9.59 Å². The Bertz CT molecular complexity index is 682. The number of hydrogen-bond acceptors (Lipinski definition) is 4. The van der Waals surface area contributed by atoms with Crippen LogP contribution >= 0.6 is 0 Å². The van der Waals surface area contributed by atoms with Crippen LogP contribution < -0.4 is 15.4 Å². The zero-order valence-corrected chi connectivity index (χ0v) is 16.5. The third-order valence-corrected chi connectivity index (χ3v) is 5.01. The predicted octanol–water partition coefficient (Wildman–Crippen LogP) is 2.89. The first kappa shape index (κ1) is 19.3. The van der Waals surface area contributed by atoms with E-state index in [1.54, 1.807) is 12.0 Å². The van der Waals surface area contributed by atoms with Crippen molar-refractivity contribution in [3.63, 3.8) is 0 Å². The molecule has 0 atom stereocenters. The normalized spacial score (nSPS) is 18.3. The molecule has 3 amide bonds. The highest BCUT2D eigenvalue weighted by Gasteiger charge is 2.54. The molecule has 1 aliphatic carbocycles. The Morgan fingerprint density at radius 3 is 2.37 bits per heavy atom. The fourth-order valence-corrected chi connectivity index (χ4v) is 3.73. The van der Waals surface area contributed by atoms with Gasteiger partial charge in [-0.1, -0.05) is 12.1 Å². The van der Waals surface area contributed by atoms with Crippen molar-refractivity contribution < 1.29 is 19.1 Å². The molecule has 1 aromatic carbocycles. The summed E-state index contributed by atoms with van der Waals surface area (Å²) in [6.45, 7) is 7.51. The molecule has 0 radical (unpaired) electrons. The van der Waals surface area contributed by atoms with E-state index in [0.717, 1.165) is 24.2 Å². The summed E-state index contributed by atoms with van der Waals surface area (Å²) in [6.07, 6.45) is 1.56. The van der Waals surface area contributed by atoms with Crippen molar-refractivity contribution in [1.82, 2.24) is 15.5 Å². The molecule has 7 heteroatoms. The fourth-order valence-electron chi connectivity index (χ4n) is 3.73. The molecule has 0 aromatic heterocycles. The van der Waals surface area contributed by atoms with Crippen LogP contribution in [0.15, 0.2) is 24.3 Å². The summed E-state index contributed by atoms with van der Waals surface area (Å²) in [6, 6.07) is 7.61. The Labute approximate surface area is 160 Å². The minimum atomic E-state index is -0.467. The first-order valence-electron chi connectivity index (χ1n) is 9.33. The Hall–Kier alpha value is -2.44. The van der Waals surface area contributed by atoms with E-state index in [-0.39, 0.29) is 23.6 Å². The number of methoxy groups -OCH3 is 1. The highest BCUT2D eigenvalue weighted by molar-refractivity contribution is 5.74. The Kier molecular flexibility index (Phi) is 5.22. The summed E-state index contributed by atoms with van der Waals surface area (Å²) in [5.74, 6) is 0.795. The SMILES string of the molecule is COc1ccc(CNC(=O)NC2CC3(C2)CN(C(=O)OC(C)(C)C)C3)cc1. The average Bonchev–Trinajstić information content (AvgIpc) is 2.52. The molecule has 2 aliphatic rings. The lowest BCUT2D eigenvalue weighted by molar-refractivity contribution is -0.0808. The number of urea groups is 1. The van der Waals surface area contributed by atoms with Gasteiger partial charge in [-0.3, -0.25) is 0 Å². The zero-order chi connectivity index (χ0) is 19.7. The number of ether oxygens (including phenoxy) is 2. The maximum absolute atomic E-state index is 12.1. The van der Waals surface area contributed by atoms with Crippen molar-refractivity contribution in [2.45, 2.75) is 51.8 Å². The fraction of sp³-hybridized carbons (Fsp3) is 0.600. The first-order chi connectivity index (χ1) is 12.7. The maximum Gasteiger partial charge on any atom is 0.410 e. The standard InChI is InChI=1S/C20H29N3O4/c1-19(2,3)27-18(25)23-12-20(13-23)9-15(10-20)22-17(24)21-11-14-5-7-16(26-4)8-6-14/h5-8,15H,9-13H2,1-4H3,(H2,21,22,24). The predicted molar refractivity (Wildman–Crippen MR) is 102 cm³/mol. The second-order valence-corrected chi connectivity index (χ2v) is 8.62. The van der Waals surface area contributed by atoms with Crippen molar-refractivity contribution in [1.29, 1.82) is 0 Å². The summed E-state index contributed by atoms with van der Waals surface area (Å²) >= 11 is 0. The molecule has 2 fully saturated rings. The summed E-state index contributed by atoms with van der Waals surface area (Å²) in [4.78, 5) is 25.8. The molecule has 1 aromatic rings. The average molecular weight is 375 g/mol. The van der Waals surface area contributed by atoms with Crippen molar-refractivity contribution in [3.05, 3.63) is 29.8 Å². The third kappa shape index (κ3) is 4.84. The summed E-state index contributed by atoms with van der Waals surface area (Å²) in [7, 11) is 1.63. The van der Waals surface area contributed by atoms with Crippen LogP contribution in [0.5, 0.6) is 5.75 Å². The van der Waals surface area contributed by atoms with Crippen LogP contribution in [0.2, 0.25) is 0 Å². The molecule has 1 saturated heterocycles. The molecule has 7 nitrogen and oxygen atoms in total. The van der Waals surface area contributed by atoms with Crippen LogP contribution in [0.25, 0.3) is 0 Å². The molecule has 1 spiro atoms. The van der Waals surface area contributed by atoms with Gasteiger partial charge in [-0.25, -0.2) is 9.59 Å². The minimum Gasteiger partial charge on any atom is -0.497 e. The molecular formula is C20H29N3O4.